The van der Waals surface area contributed by atoms with Crippen molar-refractivity contribution in [3.8, 4) is 5.75 Å². The van der Waals surface area contributed by atoms with Gasteiger partial charge in [-0.3, -0.25) is 14.4 Å². The molecule has 0 aliphatic carbocycles. The maximum atomic E-state index is 12.3. The monoisotopic (exact) mass is 424 g/mol. The minimum Gasteiger partial charge on any atom is -0.451 e. The predicted octanol–water partition coefficient (Wildman–Crippen LogP) is 2.37. The molecule has 0 radical (unpaired) electrons. The second-order valence-corrected chi connectivity index (χ2v) is 6.47. The van der Waals surface area contributed by atoms with Gasteiger partial charge in [0, 0.05) is 17.7 Å². The van der Waals surface area contributed by atoms with Crippen molar-refractivity contribution in [1.29, 1.82) is 0 Å². The molecule has 0 spiro atoms. The third-order valence-electron chi connectivity index (χ3n) is 3.80. The summed E-state index contributed by atoms with van der Waals surface area (Å²) in [4.78, 5) is 36.2. The van der Waals surface area contributed by atoms with E-state index in [2.05, 4.69) is 20.5 Å². The molecule has 9 nitrogen and oxygen atoms in total. The highest BCUT2D eigenvalue weighted by atomic mass is 19.3. The summed E-state index contributed by atoms with van der Waals surface area (Å²) in [5.41, 5.74) is 0.0219. The van der Waals surface area contributed by atoms with E-state index in [0.717, 1.165) is 6.07 Å². The Morgan fingerprint density at radius 3 is 2.57 bits per heavy atom. The van der Waals surface area contributed by atoms with Crippen molar-refractivity contribution in [2.24, 2.45) is 0 Å². The number of hydrogen-bond donors (Lipinski definition) is 2. The molecule has 0 unspecified atom stereocenters. The van der Waals surface area contributed by atoms with E-state index in [1.165, 1.54) is 31.3 Å². The molecule has 1 aromatic carbocycles. The first-order valence-corrected chi connectivity index (χ1v) is 9.04. The molecule has 162 valence electrons. The number of rotatable bonds is 9. The zero-order chi connectivity index (χ0) is 22.3. The quantitative estimate of drug-likeness (QED) is 0.598. The summed E-state index contributed by atoms with van der Waals surface area (Å²) in [5.74, 6) is -1.83. The lowest BCUT2D eigenvalue weighted by molar-refractivity contribution is -0.152. The molecule has 0 aliphatic heterocycles. The molecular weight excluding hydrogens is 402 g/mol. The summed E-state index contributed by atoms with van der Waals surface area (Å²) in [6, 6.07) is 6.74. The Bertz CT molecular complexity index is 901. The lowest BCUT2D eigenvalue weighted by Gasteiger charge is -2.16. The number of amides is 2. The molecule has 11 heteroatoms. The fourth-order valence-corrected chi connectivity index (χ4v) is 2.41. The van der Waals surface area contributed by atoms with Crippen LogP contribution in [0.3, 0.4) is 0 Å². The number of alkyl halides is 2. The Morgan fingerprint density at radius 1 is 1.17 bits per heavy atom. The van der Waals surface area contributed by atoms with Crippen LogP contribution in [0.15, 0.2) is 36.5 Å². The summed E-state index contributed by atoms with van der Waals surface area (Å²) in [5, 5.41) is 8.99. The Kier molecular flexibility index (Phi) is 7.84. The molecule has 1 atom stereocenters. The molecule has 1 aromatic heterocycles. The number of carbonyl (C=O) groups is 3. The average molecular weight is 424 g/mol. The van der Waals surface area contributed by atoms with E-state index < -0.39 is 37.0 Å². The Morgan fingerprint density at radius 2 is 1.90 bits per heavy atom. The van der Waals surface area contributed by atoms with Crippen LogP contribution in [-0.2, 0) is 14.3 Å². The molecule has 0 saturated heterocycles. The number of carbonyl (C=O) groups excluding carboxylic acids is 3. The third-order valence-corrected chi connectivity index (χ3v) is 3.80. The molecule has 0 bridgehead atoms. The van der Waals surface area contributed by atoms with Gasteiger partial charge in [-0.05, 0) is 39.0 Å². The molecule has 2 amide bonds. The van der Waals surface area contributed by atoms with E-state index in [9.17, 15) is 23.2 Å². The fraction of sp³-hybridized carbons (Fsp3) is 0.368. The fourth-order valence-electron chi connectivity index (χ4n) is 2.41. The third kappa shape index (κ3) is 6.54. The van der Waals surface area contributed by atoms with E-state index in [-0.39, 0.29) is 17.4 Å². The summed E-state index contributed by atoms with van der Waals surface area (Å²) in [7, 11) is 0. The number of benzene rings is 1. The summed E-state index contributed by atoms with van der Waals surface area (Å²) >= 11 is 0. The molecule has 2 aromatic rings. The first-order valence-electron chi connectivity index (χ1n) is 9.04. The number of anilines is 1. The molecule has 1 heterocycles. The highest BCUT2D eigenvalue weighted by molar-refractivity contribution is 5.97. The van der Waals surface area contributed by atoms with Crippen LogP contribution < -0.4 is 15.4 Å². The van der Waals surface area contributed by atoms with Crippen molar-refractivity contribution < 1.29 is 32.6 Å². The van der Waals surface area contributed by atoms with E-state index in [4.69, 9.17) is 4.74 Å². The number of aromatic nitrogens is 2. The van der Waals surface area contributed by atoms with Crippen molar-refractivity contribution in [3.63, 3.8) is 0 Å². The zero-order valence-corrected chi connectivity index (χ0v) is 16.6. The van der Waals surface area contributed by atoms with Crippen LogP contribution in [0.2, 0.25) is 0 Å². The first-order chi connectivity index (χ1) is 14.2. The van der Waals surface area contributed by atoms with Crippen LogP contribution in [0.1, 0.15) is 37.2 Å². The van der Waals surface area contributed by atoms with Crippen LogP contribution in [0.25, 0.3) is 0 Å². The van der Waals surface area contributed by atoms with Gasteiger partial charge in [-0.15, -0.1) is 0 Å². The molecule has 30 heavy (non-hydrogen) atoms. The van der Waals surface area contributed by atoms with E-state index in [1.54, 1.807) is 10.7 Å². The smallest absolute Gasteiger partial charge is 0.387 e. The standard InChI is InChI=1S/C19H22F2N4O5/c1-11(2)25-15(7-8-23-25)24-17(27)12(3)29-16(26)10-22-18(28)13-5-4-6-14(9-13)30-19(20)21/h4-9,11-12,19H,10H2,1-3H3,(H,22,28)(H,24,27)/t12-/m1/s1. The Balaban J connectivity index is 1.84. The number of esters is 1. The van der Waals surface area contributed by atoms with Gasteiger partial charge in [0.05, 0.1) is 6.20 Å². The second kappa shape index (κ2) is 10.3. The number of hydrogen-bond acceptors (Lipinski definition) is 6. The van der Waals surface area contributed by atoms with Crippen molar-refractivity contribution in [2.45, 2.75) is 39.5 Å². The van der Waals surface area contributed by atoms with Gasteiger partial charge in [-0.2, -0.15) is 13.9 Å². The summed E-state index contributed by atoms with van der Waals surface area (Å²) < 4.78 is 35.3. The minimum atomic E-state index is -3.02. The number of halogens is 2. The van der Waals surface area contributed by atoms with Gasteiger partial charge >= 0.3 is 12.6 Å². The number of ether oxygens (including phenoxy) is 2. The summed E-state index contributed by atoms with van der Waals surface area (Å²) in [6.07, 6.45) is 0.413. The normalized spacial score (nSPS) is 11.8. The van der Waals surface area contributed by atoms with Crippen LogP contribution in [0.5, 0.6) is 5.75 Å². The lowest BCUT2D eigenvalue weighted by Crippen LogP contribution is -2.36. The maximum Gasteiger partial charge on any atom is 0.387 e. The zero-order valence-electron chi connectivity index (χ0n) is 16.6. The highest BCUT2D eigenvalue weighted by Crippen LogP contribution is 2.16. The second-order valence-electron chi connectivity index (χ2n) is 6.47. The van der Waals surface area contributed by atoms with Crippen molar-refractivity contribution in [2.75, 3.05) is 11.9 Å². The van der Waals surface area contributed by atoms with Gasteiger partial charge in [0.2, 0.25) is 0 Å². The number of nitrogens with one attached hydrogen (secondary N) is 2. The highest BCUT2D eigenvalue weighted by Gasteiger charge is 2.20. The van der Waals surface area contributed by atoms with Crippen LogP contribution in [-0.4, -0.2) is 46.8 Å². The molecule has 2 rings (SSSR count). The molecule has 0 aliphatic rings. The van der Waals surface area contributed by atoms with Gasteiger partial charge in [-0.1, -0.05) is 6.07 Å². The van der Waals surface area contributed by atoms with Gasteiger partial charge in [0.1, 0.15) is 18.1 Å². The largest absolute Gasteiger partial charge is 0.451 e. The molecule has 2 N–H and O–H groups in total. The first kappa shape index (κ1) is 22.8. The molecule has 0 saturated carbocycles. The lowest BCUT2D eigenvalue weighted by atomic mass is 10.2. The van der Waals surface area contributed by atoms with Crippen LogP contribution in [0, 0.1) is 0 Å². The van der Waals surface area contributed by atoms with Crippen LogP contribution in [0.4, 0.5) is 14.6 Å². The van der Waals surface area contributed by atoms with E-state index in [1.807, 2.05) is 13.8 Å². The topological polar surface area (TPSA) is 112 Å². The minimum absolute atomic E-state index is 0.0213. The average Bonchev–Trinajstić information content (AvgIpc) is 3.14. The van der Waals surface area contributed by atoms with Crippen LogP contribution >= 0.6 is 0 Å². The molecule has 0 fully saturated rings. The predicted molar refractivity (Wildman–Crippen MR) is 102 cm³/mol. The number of nitrogens with zero attached hydrogens (tertiary/aromatic N) is 2. The van der Waals surface area contributed by atoms with Gasteiger partial charge in [-0.25, -0.2) is 4.68 Å². The van der Waals surface area contributed by atoms with Gasteiger partial charge < -0.3 is 20.1 Å². The summed E-state index contributed by atoms with van der Waals surface area (Å²) in [6.45, 7) is 1.63. The molecular formula is C19H22F2N4O5. The van der Waals surface area contributed by atoms with Crippen molar-refractivity contribution in [3.05, 3.63) is 42.1 Å². The van der Waals surface area contributed by atoms with Crippen molar-refractivity contribution in [1.82, 2.24) is 15.1 Å². The SMILES string of the molecule is CC(C)n1nccc1NC(=O)[C@@H](C)OC(=O)CNC(=O)c1cccc(OC(F)F)c1. The van der Waals surface area contributed by atoms with E-state index in [0.29, 0.717) is 5.82 Å². The van der Waals surface area contributed by atoms with Crippen molar-refractivity contribution >= 4 is 23.6 Å². The van der Waals surface area contributed by atoms with Gasteiger partial charge in [0.25, 0.3) is 11.8 Å². The Hall–Kier alpha value is -3.50. The Labute approximate surface area is 171 Å². The van der Waals surface area contributed by atoms with Gasteiger partial charge in [0.15, 0.2) is 6.10 Å². The van der Waals surface area contributed by atoms with E-state index >= 15 is 0 Å². The maximum absolute atomic E-state index is 12.3.